The van der Waals surface area contributed by atoms with E-state index >= 15 is 0 Å². The fourth-order valence-corrected chi connectivity index (χ4v) is 4.17. The molecular weight excluding hydrogens is 439 g/mol. The largest absolute Gasteiger partial charge is 0.461 e. The highest BCUT2D eigenvalue weighted by atomic mass is 35.5. The number of halogens is 3. The van der Waals surface area contributed by atoms with Gasteiger partial charge in [0.25, 0.3) is 0 Å². The summed E-state index contributed by atoms with van der Waals surface area (Å²) in [5, 5.41) is 0.237. The Morgan fingerprint density at radius 2 is 1.55 bits per heavy atom. The number of carbonyl (C=O) groups excluding carboxylic acids is 3. The number of hydrogen-bond acceptors (Lipinski definition) is 5. The first-order chi connectivity index (χ1) is 13.8. The van der Waals surface area contributed by atoms with Crippen LogP contribution >= 0.6 is 34.8 Å². The molecule has 0 bridgehead atoms. The van der Waals surface area contributed by atoms with Crippen LogP contribution in [0.2, 0.25) is 15.1 Å². The summed E-state index contributed by atoms with van der Waals surface area (Å²) in [4.78, 5) is 36.9. The SMILES string of the molecule is CC1C(C(=O)OCc2ccccc2)CC1C(=O)OC(=O)c1c(Cl)cc(Cl)cc1Cl. The third-order valence-corrected chi connectivity index (χ3v) is 5.83. The zero-order valence-electron chi connectivity index (χ0n) is 15.4. The molecule has 0 aromatic heterocycles. The van der Waals surface area contributed by atoms with Crippen LogP contribution in [0.4, 0.5) is 0 Å². The van der Waals surface area contributed by atoms with Crippen LogP contribution in [0.3, 0.4) is 0 Å². The van der Waals surface area contributed by atoms with E-state index in [1.165, 1.54) is 12.1 Å². The quantitative estimate of drug-likeness (QED) is 0.449. The highest BCUT2D eigenvalue weighted by Gasteiger charge is 2.48. The topological polar surface area (TPSA) is 69.7 Å². The molecule has 0 N–H and O–H groups in total. The first-order valence-electron chi connectivity index (χ1n) is 8.89. The van der Waals surface area contributed by atoms with Gasteiger partial charge >= 0.3 is 17.9 Å². The second-order valence-corrected chi connectivity index (χ2v) is 8.10. The molecule has 152 valence electrons. The van der Waals surface area contributed by atoms with Crippen LogP contribution in [0.25, 0.3) is 0 Å². The predicted molar refractivity (Wildman–Crippen MR) is 109 cm³/mol. The molecule has 1 fully saturated rings. The predicted octanol–water partition coefficient (Wildman–Crippen LogP) is 5.35. The molecule has 0 amide bonds. The first kappa shape index (κ1) is 21.6. The smallest absolute Gasteiger partial charge is 0.348 e. The summed E-state index contributed by atoms with van der Waals surface area (Å²) in [6.45, 7) is 1.92. The number of rotatable bonds is 5. The molecule has 2 aromatic rings. The van der Waals surface area contributed by atoms with E-state index in [1.54, 1.807) is 6.92 Å². The summed E-state index contributed by atoms with van der Waals surface area (Å²) >= 11 is 17.8. The summed E-state index contributed by atoms with van der Waals surface area (Å²) in [5.41, 5.74) is 0.753. The van der Waals surface area contributed by atoms with Crippen molar-refractivity contribution in [3.63, 3.8) is 0 Å². The lowest BCUT2D eigenvalue weighted by Gasteiger charge is -2.38. The van der Waals surface area contributed by atoms with Crippen LogP contribution < -0.4 is 0 Å². The summed E-state index contributed by atoms with van der Waals surface area (Å²) < 4.78 is 10.2. The van der Waals surface area contributed by atoms with Crippen LogP contribution in [0.5, 0.6) is 0 Å². The fraction of sp³-hybridized carbons (Fsp3) is 0.286. The molecule has 0 heterocycles. The van der Waals surface area contributed by atoms with Crippen molar-refractivity contribution in [2.75, 3.05) is 0 Å². The molecule has 1 aliphatic rings. The number of hydrogen-bond donors (Lipinski definition) is 0. The Kier molecular flexibility index (Phi) is 6.83. The maximum absolute atomic E-state index is 12.3. The summed E-state index contributed by atoms with van der Waals surface area (Å²) in [6.07, 6.45) is 0.253. The van der Waals surface area contributed by atoms with Crippen LogP contribution in [-0.2, 0) is 25.7 Å². The summed E-state index contributed by atoms with van der Waals surface area (Å²) in [5.74, 6) is -3.37. The summed E-state index contributed by atoms with van der Waals surface area (Å²) in [7, 11) is 0. The molecule has 3 atom stereocenters. The van der Waals surface area contributed by atoms with Crippen LogP contribution in [0, 0.1) is 17.8 Å². The monoisotopic (exact) mass is 454 g/mol. The van der Waals surface area contributed by atoms with Crippen LogP contribution in [0.15, 0.2) is 42.5 Å². The van der Waals surface area contributed by atoms with Crippen molar-refractivity contribution in [1.29, 1.82) is 0 Å². The molecule has 1 saturated carbocycles. The van der Waals surface area contributed by atoms with Crippen LogP contribution in [0.1, 0.15) is 29.3 Å². The first-order valence-corrected chi connectivity index (χ1v) is 10.0. The van der Waals surface area contributed by atoms with Gasteiger partial charge in [0.05, 0.1) is 27.4 Å². The van der Waals surface area contributed by atoms with Crippen molar-refractivity contribution in [2.45, 2.75) is 20.0 Å². The number of carbonyl (C=O) groups is 3. The lowest BCUT2D eigenvalue weighted by Crippen LogP contribution is -2.45. The van der Waals surface area contributed by atoms with Crippen molar-refractivity contribution in [3.05, 3.63) is 68.7 Å². The maximum Gasteiger partial charge on any atom is 0.348 e. The van der Waals surface area contributed by atoms with Crippen molar-refractivity contribution < 1.29 is 23.9 Å². The molecule has 2 aromatic carbocycles. The Morgan fingerprint density at radius 1 is 0.966 bits per heavy atom. The van der Waals surface area contributed by atoms with Crippen molar-refractivity contribution in [1.82, 2.24) is 0 Å². The average molecular weight is 456 g/mol. The average Bonchev–Trinajstić information content (AvgIpc) is 2.65. The zero-order chi connectivity index (χ0) is 21.1. The minimum atomic E-state index is -0.955. The highest BCUT2D eigenvalue weighted by Crippen LogP contribution is 2.42. The fourth-order valence-electron chi connectivity index (χ4n) is 3.20. The van der Waals surface area contributed by atoms with Gasteiger partial charge in [-0.05, 0) is 30.0 Å². The normalized spacial score (nSPS) is 20.5. The van der Waals surface area contributed by atoms with Gasteiger partial charge in [0, 0.05) is 5.02 Å². The Bertz CT molecular complexity index is 922. The molecule has 0 aliphatic heterocycles. The minimum absolute atomic E-state index is 0.00989. The van der Waals surface area contributed by atoms with Gasteiger partial charge < -0.3 is 9.47 Å². The van der Waals surface area contributed by atoms with E-state index in [2.05, 4.69) is 0 Å². The van der Waals surface area contributed by atoms with Crippen molar-refractivity contribution >= 4 is 52.7 Å². The lowest BCUT2D eigenvalue weighted by molar-refractivity contribution is -0.165. The second kappa shape index (κ2) is 9.16. The standard InChI is InChI=1S/C21H17Cl3O5/c1-11-14(19(25)28-10-12-5-3-2-4-6-12)9-15(11)20(26)29-21(27)18-16(23)7-13(22)8-17(18)24/h2-8,11,14-15H,9-10H2,1H3. The Labute approximate surface area is 182 Å². The third kappa shape index (κ3) is 4.92. The third-order valence-electron chi connectivity index (χ3n) is 5.01. The molecule has 0 radical (unpaired) electrons. The number of benzene rings is 2. The van der Waals surface area contributed by atoms with Gasteiger partial charge in [-0.3, -0.25) is 9.59 Å². The van der Waals surface area contributed by atoms with Gasteiger partial charge in [-0.25, -0.2) is 4.79 Å². The van der Waals surface area contributed by atoms with E-state index in [0.29, 0.717) is 0 Å². The van der Waals surface area contributed by atoms with Crippen molar-refractivity contribution in [2.24, 2.45) is 17.8 Å². The van der Waals surface area contributed by atoms with E-state index in [4.69, 9.17) is 44.3 Å². The molecule has 29 heavy (non-hydrogen) atoms. The molecule has 8 heteroatoms. The Balaban J connectivity index is 1.54. The van der Waals surface area contributed by atoms with E-state index in [-0.39, 0.29) is 45.5 Å². The second-order valence-electron chi connectivity index (χ2n) is 6.85. The molecule has 3 rings (SSSR count). The van der Waals surface area contributed by atoms with Gasteiger partial charge in [-0.1, -0.05) is 72.1 Å². The van der Waals surface area contributed by atoms with Gasteiger partial charge in [0.15, 0.2) is 0 Å². The van der Waals surface area contributed by atoms with E-state index in [0.717, 1.165) is 5.56 Å². The summed E-state index contributed by atoms with van der Waals surface area (Å²) in [6, 6.07) is 12.0. The van der Waals surface area contributed by atoms with Gasteiger partial charge in [0.1, 0.15) is 6.61 Å². The lowest BCUT2D eigenvalue weighted by atomic mass is 9.65. The minimum Gasteiger partial charge on any atom is -0.461 e. The maximum atomic E-state index is 12.3. The molecule has 5 nitrogen and oxygen atoms in total. The van der Waals surface area contributed by atoms with Crippen LogP contribution in [-0.4, -0.2) is 17.9 Å². The highest BCUT2D eigenvalue weighted by molar-refractivity contribution is 6.42. The van der Waals surface area contributed by atoms with Gasteiger partial charge in [-0.2, -0.15) is 0 Å². The molecule has 0 spiro atoms. The molecule has 1 aliphatic carbocycles. The Morgan fingerprint density at radius 3 is 2.14 bits per heavy atom. The molecule has 3 unspecified atom stereocenters. The van der Waals surface area contributed by atoms with E-state index < -0.39 is 23.8 Å². The van der Waals surface area contributed by atoms with E-state index in [1.807, 2.05) is 30.3 Å². The molecular formula is C21H17Cl3O5. The Hall–Kier alpha value is -2.08. The van der Waals surface area contributed by atoms with E-state index in [9.17, 15) is 14.4 Å². The zero-order valence-corrected chi connectivity index (χ0v) is 17.6. The van der Waals surface area contributed by atoms with Crippen molar-refractivity contribution in [3.8, 4) is 0 Å². The van der Waals surface area contributed by atoms with Gasteiger partial charge in [-0.15, -0.1) is 0 Å². The van der Waals surface area contributed by atoms with Gasteiger partial charge in [0.2, 0.25) is 0 Å². The molecule has 0 saturated heterocycles. The number of esters is 3. The number of ether oxygens (including phenoxy) is 2.